The predicted molar refractivity (Wildman–Crippen MR) is 98.8 cm³/mol. The third-order valence-electron chi connectivity index (χ3n) is 3.91. The first-order chi connectivity index (χ1) is 12.3. The van der Waals surface area contributed by atoms with E-state index in [9.17, 15) is 9.59 Å². The molecule has 1 heterocycles. The molecule has 0 fully saturated rings. The summed E-state index contributed by atoms with van der Waals surface area (Å²) < 4.78 is 5.41. The van der Waals surface area contributed by atoms with E-state index in [-0.39, 0.29) is 30.8 Å². The molecule has 0 spiro atoms. The minimum Gasteiger partial charge on any atom is -0.444 e. The van der Waals surface area contributed by atoms with Crippen LogP contribution in [0.3, 0.4) is 0 Å². The van der Waals surface area contributed by atoms with Gasteiger partial charge in [-0.05, 0) is 40.0 Å². The van der Waals surface area contributed by atoms with Gasteiger partial charge in [0.25, 0.3) is 0 Å². The topological polar surface area (TPSA) is 98.4 Å². The van der Waals surface area contributed by atoms with Gasteiger partial charge in [-0.1, -0.05) is 17.7 Å². The second-order valence-electron chi connectivity index (χ2n) is 6.23. The zero-order valence-electron chi connectivity index (χ0n) is 15.3. The molecule has 7 heteroatoms. The molecule has 2 aromatic rings. The van der Waals surface area contributed by atoms with Crippen molar-refractivity contribution in [2.75, 3.05) is 30.8 Å². The van der Waals surface area contributed by atoms with Gasteiger partial charge in [0.05, 0.1) is 13.1 Å². The number of anilines is 2. The first kappa shape index (κ1) is 19.2. The maximum Gasteiger partial charge on any atom is 0.240 e. The van der Waals surface area contributed by atoms with Crippen LogP contribution in [0.1, 0.15) is 22.5 Å². The lowest BCUT2D eigenvalue weighted by atomic mass is 10.2. The van der Waals surface area contributed by atoms with Crippen molar-refractivity contribution in [1.29, 1.82) is 5.26 Å². The molecule has 2 amide bonds. The highest BCUT2D eigenvalue weighted by molar-refractivity contribution is 5.94. The smallest absolute Gasteiger partial charge is 0.240 e. The summed E-state index contributed by atoms with van der Waals surface area (Å²) in [7, 11) is 1.66. The number of hydrogen-bond donors (Lipinski definition) is 2. The van der Waals surface area contributed by atoms with Crippen molar-refractivity contribution >= 4 is 23.4 Å². The Morgan fingerprint density at radius 3 is 2.23 bits per heavy atom. The van der Waals surface area contributed by atoms with Crippen molar-refractivity contribution in [3.63, 3.8) is 0 Å². The van der Waals surface area contributed by atoms with E-state index in [2.05, 4.69) is 10.6 Å². The van der Waals surface area contributed by atoms with Crippen LogP contribution < -0.4 is 10.6 Å². The molecule has 0 bridgehead atoms. The van der Waals surface area contributed by atoms with Crippen LogP contribution in [0.2, 0.25) is 0 Å². The van der Waals surface area contributed by atoms with Gasteiger partial charge in [0.1, 0.15) is 17.4 Å². The molecule has 1 aromatic carbocycles. The fourth-order valence-electron chi connectivity index (χ4n) is 2.40. The second kappa shape index (κ2) is 8.32. The van der Waals surface area contributed by atoms with Crippen LogP contribution in [-0.4, -0.2) is 36.9 Å². The predicted octanol–water partition coefficient (Wildman–Crippen LogP) is 2.59. The summed E-state index contributed by atoms with van der Waals surface area (Å²) in [5.74, 6) is 0.153. The molecule has 0 atom stereocenters. The summed E-state index contributed by atoms with van der Waals surface area (Å²) in [5, 5.41) is 14.5. The third kappa shape index (κ3) is 4.94. The number of benzene rings is 1. The summed E-state index contributed by atoms with van der Waals surface area (Å²) >= 11 is 0. The lowest BCUT2D eigenvalue weighted by Crippen LogP contribution is -2.36. The summed E-state index contributed by atoms with van der Waals surface area (Å²) in [6, 6.07) is 9.49. The number of furan rings is 1. The molecule has 136 valence electrons. The number of nitrogens with one attached hydrogen (secondary N) is 2. The van der Waals surface area contributed by atoms with Crippen molar-refractivity contribution in [2.45, 2.75) is 20.8 Å². The summed E-state index contributed by atoms with van der Waals surface area (Å²) in [6.07, 6.45) is 0. The standard InChI is InChI=1S/C19H22N4O3/c1-12-5-7-15(8-6-12)21-17(24)10-23(4)11-18(25)22-19-16(9-20)13(2)14(3)26-19/h5-8H,10-11H2,1-4H3,(H,21,24)(H,22,25). The van der Waals surface area contributed by atoms with E-state index in [1.807, 2.05) is 37.3 Å². The van der Waals surface area contributed by atoms with Crippen LogP contribution in [0.4, 0.5) is 11.6 Å². The molecule has 7 nitrogen and oxygen atoms in total. The van der Waals surface area contributed by atoms with E-state index in [0.29, 0.717) is 22.6 Å². The molecular weight excluding hydrogens is 332 g/mol. The van der Waals surface area contributed by atoms with Crippen LogP contribution in [0, 0.1) is 32.1 Å². The highest BCUT2D eigenvalue weighted by Gasteiger charge is 2.18. The Balaban J connectivity index is 1.87. The Kier molecular flexibility index (Phi) is 6.15. The fourth-order valence-corrected chi connectivity index (χ4v) is 2.40. The van der Waals surface area contributed by atoms with Crippen molar-refractivity contribution in [3.8, 4) is 6.07 Å². The molecule has 2 rings (SSSR count). The normalized spacial score (nSPS) is 10.5. The first-order valence-corrected chi connectivity index (χ1v) is 8.15. The number of likely N-dealkylation sites (N-methyl/N-ethyl adjacent to an activating group) is 1. The number of nitriles is 1. The van der Waals surface area contributed by atoms with E-state index in [0.717, 1.165) is 5.56 Å². The highest BCUT2D eigenvalue weighted by Crippen LogP contribution is 2.25. The Bertz CT molecular complexity index is 847. The van der Waals surface area contributed by atoms with Crippen LogP contribution in [0.15, 0.2) is 28.7 Å². The summed E-state index contributed by atoms with van der Waals surface area (Å²) in [6.45, 7) is 5.51. The number of hydrogen-bond acceptors (Lipinski definition) is 5. The fraction of sp³-hybridized carbons (Fsp3) is 0.316. The summed E-state index contributed by atoms with van der Waals surface area (Å²) in [5.41, 5.74) is 2.83. The van der Waals surface area contributed by atoms with E-state index >= 15 is 0 Å². The average molecular weight is 354 g/mol. The van der Waals surface area contributed by atoms with Crippen molar-refractivity contribution in [1.82, 2.24) is 4.90 Å². The Labute approximate surface area is 152 Å². The number of aryl methyl sites for hydroxylation is 2. The van der Waals surface area contributed by atoms with Crippen LogP contribution in [0.5, 0.6) is 0 Å². The molecule has 0 aliphatic heterocycles. The quantitative estimate of drug-likeness (QED) is 0.831. The van der Waals surface area contributed by atoms with Crippen LogP contribution in [-0.2, 0) is 9.59 Å². The summed E-state index contributed by atoms with van der Waals surface area (Å²) in [4.78, 5) is 25.8. The molecule has 26 heavy (non-hydrogen) atoms. The van der Waals surface area contributed by atoms with Crippen LogP contribution >= 0.6 is 0 Å². The molecule has 0 aliphatic rings. The van der Waals surface area contributed by atoms with Gasteiger partial charge in [-0.3, -0.25) is 19.8 Å². The minimum atomic E-state index is -0.360. The number of rotatable bonds is 6. The lowest BCUT2D eigenvalue weighted by molar-refractivity contribution is -0.119. The van der Waals surface area contributed by atoms with E-state index in [1.165, 1.54) is 0 Å². The zero-order valence-corrected chi connectivity index (χ0v) is 15.3. The zero-order chi connectivity index (χ0) is 19.3. The van der Waals surface area contributed by atoms with Gasteiger partial charge < -0.3 is 9.73 Å². The molecule has 0 unspecified atom stereocenters. The monoisotopic (exact) mass is 354 g/mol. The van der Waals surface area contributed by atoms with Gasteiger partial charge in [-0.15, -0.1) is 0 Å². The van der Waals surface area contributed by atoms with Gasteiger partial charge in [0.2, 0.25) is 17.7 Å². The molecule has 0 saturated heterocycles. The first-order valence-electron chi connectivity index (χ1n) is 8.15. The van der Waals surface area contributed by atoms with Crippen molar-refractivity contribution in [3.05, 3.63) is 46.7 Å². The van der Waals surface area contributed by atoms with Gasteiger partial charge in [0, 0.05) is 11.3 Å². The maximum atomic E-state index is 12.1. The SMILES string of the molecule is Cc1ccc(NC(=O)CN(C)CC(=O)Nc2oc(C)c(C)c2C#N)cc1. The Morgan fingerprint density at radius 2 is 1.65 bits per heavy atom. The largest absolute Gasteiger partial charge is 0.444 e. The second-order valence-corrected chi connectivity index (χ2v) is 6.23. The molecule has 1 aromatic heterocycles. The number of carbonyl (C=O) groups is 2. The molecule has 0 saturated carbocycles. The number of amides is 2. The number of nitrogens with zero attached hydrogens (tertiary/aromatic N) is 2. The Morgan fingerprint density at radius 1 is 1.08 bits per heavy atom. The van der Waals surface area contributed by atoms with Gasteiger partial charge in [-0.25, -0.2) is 0 Å². The van der Waals surface area contributed by atoms with Crippen molar-refractivity contribution in [2.24, 2.45) is 0 Å². The van der Waals surface area contributed by atoms with E-state index in [1.54, 1.807) is 25.8 Å². The minimum absolute atomic E-state index is 0.00895. The van der Waals surface area contributed by atoms with Crippen LogP contribution in [0.25, 0.3) is 0 Å². The van der Waals surface area contributed by atoms with E-state index in [4.69, 9.17) is 9.68 Å². The molecule has 0 aliphatic carbocycles. The third-order valence-corrected chi connectivity index (χ3v) is 3.91. The number of carbonyl (C=O) groups excluding carboxylic acids is 2. The van der Waals surface area contributed by atoms with Gasteiger partial charge >= 0.3 is 0 Å². The van der Waals surface area contributed by atoms with Gasteiger partial charge in [-0.2, -0.15) is 5.26 Å². The maximum absolute atomic E-state index is 12.1. The van der Waals surface area contributed by atoms with E-state index < -0.39 is 0 Å². The molecule has 0 radical (unpaired) electrons. The van der Waals surface area contributed by atoms with Gasteiger partial charge in [0.15, 0.2) is 0 Å². The average Bonchev–Trinajstić information content (AvgIpc) is 2.82. The molecular formula is C19H22N4O3. The highest BCUT2D eigenvalue weighted by atomic mass is 16.4. The lowest BCUT2D eigenvalue weighted by Gasteiger charge is -2.15. The Hall–Kier alpha value is -3.11. The molecule has 2 N–H and O–H groups in total. The van der Waals surface area contributed by atoms with Crippen molar-refractivity contribution < 1.29 is 14.0 Å².